The molecular weight excluding hydrogens is 174 g/mol. The molecule has 1 N–H and O–H groups in total. The second-order valence-electron chi connectivity index (χ2n) is 2.40. The van der Waals surface area contributed by atoms with Crippen LogP contribution in [0.25, 0.3) is 10.7 Å². The van der Waals surface area contributed by atoms with Gasteiger partial charge in [-0.15, -0.1) is 11.3 Å². The fraction of sp³-hybridized carbons (Fsp3) is 0.143. The normalized spacial score (nSPS) is 10.4. The summed E-state index contributed by atoms with van der Waals surface area (Å²) in [5, 5.41) is 5.61. The average molecular weight is 181 g/mol. The predicted octanol–water partition coefficient (Wildman–Crippen LogP) is 0.837. The highest BCUT2D eigenvalue weighted by Crippen LogP contribution is 2.16. The van der Waals surface area contributed by atoms with Gasteiger partial charge in [0.2, 0.25) is 0 Å². The van der Waals surface area contributed by atoms with Gasteiger partial charge in [0.05, 0.1) is 5.69 Å². The molecule has 2 heterocycles. The summed E-state index contributed by atoms with van der Waals surface area (Å²) in [7, 11) is 1.68. The highest BCUT2D eigenvalue weighted by molar-refractivity contribution is 7.13. The lowest BCUT2D eigenvalue weighted by molar-refractivity contribution is 0.742. The van der Waals surface area contributed by atoms with Gasteiger partial charge in [0, 0.05) is 24.7 Å². The molecule has 0 aliphatic rings. The topological polar surface area (TPSA) is 50.7 Å². The van der Waals surface area contributed by atoms with Crippen LogP contribution in [0.3, 0.4) is 0 Å². The number of thiazole rings is 1. The number of hydrogen-bond donors (Lipinski definition) is 1. The molecule has 0 aliphatic heterocycles. The minimum atomic E-state index is -0.0415. The minimum Gasteiger partial charge on any atom is -0.293 e. The smallest absolute Gasteiger partial charge is 0.266 e. The van der Waals surface area contributed by atoms with E-state index in [2.05, 4.69) is 10.1 Å². The summed E-state index contributed by atoms with van der Waals surface area (Å²) < 4.78 is 1.43. The zero-order chi connectivity index (χ0) is 8.55. The average Bonchev–Trinajstić information content (AvgIpc) is 2.61. The van der Waals surface area contributed by atoms with Crippen LogP contribution in [-0.2, 0) is 7.05 Å². The van der Waals surface area contributed by atoms with Crippen LogP contribution in [0.2, 0.25) is 0 Å². The van der Waals surface area contributed by atoms with Gasteiger partial charge in [0.25, 0.3) is 5.56 Å². The summed E-state index contributed by atoms with van der Waals surface area (Å²) in [6.45, 7) is 0. The van der Waals surface area contributed by atoms with Crippen molar-refractivity contribution in [1.29, 1.82) is 0 Å². The van der Waals surface area contributed by atoms with Crippen LogP contribution < -0.4 is 5.56 Å². The summed E-state index contributed by atoms with van der Waals surface area (Å²) in [4.78, 5) is 15.1. The van der Waals surface area contributed by atoms with Gasteiger partial charge in [-0.1, -0.05) is 0 Å². The number of rotatable bonds is 1. The van der Waals surface area contributed by atoms with E-state index in [0.717, 1.165) is 10.7 Å². The number of H-pyrrole nitrogens is 1. The molecule has 0 bridgehead atoms. The van der Waals surface area contributed by atoms with Gasteiger partial charge in [-0.3, -0.25) is 14.6 Å². The first kappa shape index (κ1) is 7.30. The summed E-state index contributed by atoms with van der Waals surface area (Å²) in [6.07, 6.45) is 1.71. The van der Waals surface area contributed by atoms with E-state index in [1.165, 1.54) is 16.0 Å². The van der Waals surface area contributed by atoms with Crippen molar-refractivity contribution in [2.45, 2.75) is 0 Å². The van der Waals surface area contributed by atoms with Crippen LogP contribution in [0.5, 0.6) is 0 Å². The van der Waals surface area contributed by atoms with Crippen molar-refractivity contribution in [2.24, 2.45) is 7.05 Å². The fourth-order valence-electron chi connectivity index (χ4n) is 0.954. The van der Waals surface area contributed by atoms with Crippen molar-refractivity contribution < 1.29 is 0 Å². The standard InChI is InChI=1S/C7H7N3OS/c1-10-6(11)4-5(9-10)7-8-2-3-12-7/h2-4,9H,1H3. The van der Waals surface area contributed by atoms with Crippen molar-refractivity contribution in [3.05, 3.63) is 28.0 Å². The maximum absolute atomic E-state index is 11.0. The SMILES string of the molecule is Cn1[nH]c(-c2nccs2)cc1=O. The summed E-state index contributed by atoms with van der Waals surface area (Å²) >= 11 is 1.50. The Kier molecular flexibility index (Phi) is 1.58. The number of aromatic amines is 1. The third-order valence-electron chi connectivity index (χ3n) is 1.55. The second-order valence-corrected chi connectivity index (χ2v) is 3.30. The molecule has 0 aromatic carbocycles. The van der Waals surface area contributed by atoms with Gasteiger partial charge in [-0.2, -0.15) is 0 Å². The monoisotopic (exact) mass is 181 g/mol. The van der Waals surface area contributed by atoms with Crippen LogP contribution in [0, 0.1) is 0 Å². The third kappa shape index (κ3) is 1.08. The largest absolute Gasteiger partial charge is 0.293 e. The zero-order valence-electron chi connectivity index (χ0n) is 6.44. The predicted molar refractivity (Wildman–Crippen MR) is 47.1 cm³/mol. The van der Waals surface area contributed by atoms with E-state index in [9.17, 15) is 4.79 Å². The van der Waals surface area contributed by atoms with Gasteiger partial charge in [-0.25, -0.2) is 4.98 Å². The Labute approximate surface area is 72.5 Å². The molecule has 0 radical (unpaired) electrons. The Morgan fingerprint density at radius 3 is 3.00 bits per heavy atom. The molecule has 0 spiro atoms. The highest BCUT2D eigenvalue weighted by Gasteiger charge is 2.03. The van der Waals surface area contributed by atoms with Crippen molar-refractivity contribution in [1.82, 2.24) is 14.8 Å². The van der Waals surface area contributed by atoms with Gasteiger partial charge < -0.3 is 0 Å². The summed E-state index contributed by atoms with van der Waals surface area (Å²) in [5.74, 6) is 0. The first-order valence-corrected chi connectivity index (χ1v) is 4.31. The maximum Gasteiger partial charge on any atom is 0.266 e. The van der Waals surface area contributed by atoms with Crippen molar-refractivity contribution in [2.75, 3.05) is 0 Å². The minimum absolute atomic E-state index is 0.0415. The number of nitrogens with zero attached hydrogens (tertiary/aromatic N) is 2. The zero-order valence-corrected chi connectivity index (χ0v) is 7.26. The van der Waals surface area contributed by atoms with E-state index in [1.807, 2.05) is 5.38 Å². The van der Waals surface area contributed by atoms with Gasteiger partial charge >= 0.3 is 0 Å². The molecule has 0 atom stereocenters. The summed E-state index contributed by atoms with van der Waals surface area (Å²) in [6, 6.07) is 1.54. The Balaban J connectivity index is 2.56. The molecule has 0 saturated heterocycles. The molecule has 0 aliphatic carbocycles. The van der Waals surface area contributed by atoms with Crippen LogP contribution in [-0.4, -0.2) is 14.8 Å². The quantitative estimate of drug-likeness (QED) is 0.708. The molecule has 0 unspecified atom stereocenters. The Morgan fingerprint density at radius 1 is 1.67 bits per heavy atom. The molecular formula is C7H7N3OS. The van der Waals surface area contributed by atoms with Gasteiger partial charge in [0.1, 0.15) is 5.01 Å². The van der Waals surface area contributed by atoms with E-state index < -0.39 is 0 Å². The first-order chi connectivity index (χ1) is 5.77. The van der Waals surface area contributed by atoms with Crippen molar-refractivity contribution in [3.8, 4) is 10.7 Å². The Bertz CT molecular complexity index is 426. The Hall–Kier alpha value is -1.36. The van der Waals surface area contributed by atoms with Crippen LogP contribution >= 0.6 is 11.3 Å². The number of hydrogen-bond acceptors (Lipinski definition) is 3. The highest BCUT2D eigenvalue weighted by atomic mass is 32.1. The lowest BCUT2D eigenvalue weighted by Gasteiger charge is -1.88. The Morgan fingerprint density at radius 2 is 2.50 bits per heavy atom. The van der Waals surface area contributed by atoms with Crippen LogP contribution in [0.15, 0.2) is 22.4 Å². The molecule has 5 heteroatoms. The van der Waals surface area contributed by atoms with E-state index in [0.29, 0.717) is 0 Å². The number of nitrogens with one attached hydrogen (secondary N) is 1. The maximum atomic E-state index is 11.0. The van der Waals surface area contributed by atoms with Crippen LogP contribution in [0.1, 0.15) is 0 Å². The van der Waals surface area contributed by atoms with E-state index >= 15 is 0 Å². The van der Waals surface area contributed by atoms with E-state index in [-0.39, 0.29) is 5.56 Å². The van der Waals surface area contributed by atoms with Crippen molar-refractivity contribution >= 4 is 11.3 Å². The number of aryl methyl sites for hydroxylation is 1. The molecule has 4 nitrogen and oxygen atoms in total. The molecule has 2 aromatic heterocycles. The summed E-state index contributed by atoms with van der Waals surface area (Å²) in [5.41, 5.74) is 0.734. The molecule has 0 amide bonds. The molecule has 0 saturated carbocycles. The van der Waals surface area contributed by atoms with Crippen LogP contribution in [0.4, 0.5) is 0 Å². The second kappa shape index (κ2) is 2.60. The molecule has 62 valence electrons. The molecule has 2 rings (SSSR count). The molecule has 2 aromatic rings. The third-order valence-corrected chi connectivity index (χ3v) is 2.36. The first-order valence-electron chi connectivity index (χ1n) is 3.43. The lowest BCUT2D eigenvalue weighted by atomic mass is 10.5. The molecule has 12 heavy (non-hydrogen) atoms. The van der Waals surface area contributed by atoms with E-state index in [4.69, 9.17) is 0 Å². The van der Waals surface area contributed by atoms with Gasteiger partial charge in [-0.05, 0) is 0 Å². The van der Waals surface area contributed by atoms with Crippen molar-refractivity contribution in [3.63, 3.8) is 0 Å². The molecule has 0 fully saturated rings. The lowest BCUT2D eigenvalue weighted by Crippen LogP contribution is -2.09. The number of aromatic nitrogens is 3. The fourth-order valence-corrected chi connectivity index (χ4v) is 1.56. The van der Waals surface area contributed by atoms with E-state index in [1.54, 1.807) is 19.3 Å². The van der Waals surface area contributed by atoms with Gasteiger partial charge in [0.15, 0.2) is 0 Å².